The number of halogens is 2. The molecule has 4 rings (SSSR count). The topological polar surface area (TPSA) is 0 Å². The average Bonchev–Trinajstić information content (AvgIpc) is 3.34. The average molecular weight is 501 g/mol. The summed E-state index contributed by atoms with van der Waals surface area (Å²) in [7, 11) is 0. The molecule has 0 nitrogen and oxygen atoms in total. The molecular weight excluding hydrogens is 474 g/mol. The maximum atomic E-state index is 3.00. The fraction of sp³-hybridized carbons (Fsp3) is 0.0769. The van der Waals surface area contributed by atoms with E-state index in [0.717, 1.165) is 0 Å². The zero-order valence-corrected chi connectivity index (χ0v) is 20.9. The van der Waals surface area contributed by atoms with Crippen LogP contribution in [0.15, 0.2) is 110 Å². The Labute approximate surface area is 207 Å². The van der Waals surface area contributed by atoms with Crippen LogP contribution in [0.4, 0.5) is 0 Å². The molecule has 29 heavy (non-hydrogen) atoms. The van der Waals surface area contributed by atoms with Gasteiger partial charge in [0.25, 0.3) is 0 Å². The minimum Gasteiger partial charge on any atom is -1.00 e. The molecule has 0 spiro atoms. The standard InChI is InChI=1S/2C12H11.C2H4.2ClH.Zr/c2*1-10-7-8-12(9-10)11-5-3-2-4-6-11;1-2;;;/h2*2-9H,1H3;1-2H2;2*1H;/q2*-1;;;;+4/p-2. The molecule has 0 heterocycles. The van der Waals surface area contributed by atoms with Crippen molar-refractivity contribution in [2.75, 3.05) is 0 Å². The van der Waals surface area contributed by atoms with Gasteiger partial charge in [-0.25, -0.2) is 12.1 Å². The normalized spacial score (nSPS) is 8.48. The molecule has 148 valence electrons. The van der Waals surface area contributed by atoms with Crippen molar-refractivity contribution in [1.82, 2.24) is 0 Å². The largest absolute Gasteiger partial charge is 4.00 e. The first-order chi connectivity index (χ1) is 12.7. The minimum atomic E-state index is 0. The van der Waals surface area contributed by atoms with Gasteiger partial charge in [0.1, 0.15) is 0 Å². The SMILES string of the molecule is C=C.Cc1cc(-c2ccccc2)c[cH-]1.Cc1cc(-c2ccccc2)c[cH-]1.[Cl-].[Cl-].[Zr+4]. The Kier molecular flexibility index (Phi) is 16.5. The van der Waals surface area contributed by atoms with E-state index in [-0.39, 0.29) is 51.0 Å². The molecule has 0 amide bonds. The third-order valence-electron chi connectivity index (χ3n) is 4.03. The van der Waals surface area contributed by atoms with Crippen LogP contribution in [0, 0.1) is 13.8 Å². The maximum absolute atomic E-state index is 3.00. The van der Waals surface area contributed by atoms with E-state index < -0.39 is 0 Å². The predicted molar refractivity (Wildman–Crippen MR) is 116 cm³/mol. The molecule has 0 atom stereocenters. The van der Waals surface area contributed by atoms with Gasteiger partial charge < -0.3 is 24.8 Å². The quantitative estimate of drug-likeness (QED) is 0.290. The number of benzene rings is 2. The van der Waals surface area contributed by atoms with Crippen LogP contribution in [0.25, 0.3) is 22.3 Å². The molecule has 0 fully saturated rings. The van der Waals surface area contributed by atoms with Crippen molar-refractivity contribution in [2.24, 2.45) is 0 Å². The van der Waals surface area contributed by atoms with Gasteiger partial charge in [0.15, 0.2) is 0 Å². The van der Waals surface area contributed by atoms with E-state index in [2.05, 4.69) is 112 Å². The van der Waals surface area contributed by atoms with Gasteiger partial charge in [0, 0.05) is 0 Å². The van der Waals surface area contributed by atoms with Crippen molar-refractivity contribution in [1.29, 1.82) is 0 Å². The van der Waals surface area contributed by atoms with E-state index >= 15 is 0 Å². The summed E-state index contributed by atoms with van der Waals surface area (Å²) < 4.78 is 0. The van der Waals surface area contributed by atoms with Crippen LogP contribution in [-0.4, -0.2) is 0 Å². The molecule has 3 heteroatoms. The Balaban J connectivity index is 0. The van der Waals surface area contributed by atoms with E-state index in [1.54, 1.807) is 0 Å². The van der Waals surface area contributed by atoms with Crippen LogP contribution < -0.4 is 24.8 Å². The summed E-state index contributed by atoms with van der Waals surface area (Å²) in [5.74, 6) is 0. The first-order valence-corrected chi connectivity index (χ1v) is 8.80. The second-order valence-corrected chi connectivity index (χ2v) is 6.09. The molecule has 0 saturated heterocycles. The van der Waals surface area contributed by atoms with E-state index in [4.69, 9.17) is 0 Å². The Bertz CT molecular complexity index is 817. The molecule has 0 radical (unpaired) electrons. The first kappa shape index (κ1) is 29.5. The monoisotopic (exact) mass is 498 g/mol. The van der Waals surface area contributed by atoms with Gasteiger partial charge in [-0.15, -0.1) is 13.2 Å². The fourth-order valence-corrected chi connectivity index (χ4v) is 2.75. The number of hydrogen-bond acceptors (Lipinski definition) is 0. The van der Waals surface area contributed by atoms with Gasteiger partial charge in [-0.2, -0.15) is 46.5 Å². The molecule has 0 bridgehead atoms. The zero-order valence-electron chi connectivity index (χ0n) is 16.9. The van der Waals surface area contributed by atoms with Crippen LogP contribution in [0.1, 0.15) is 11.1 Å². The second-order valence-electron chi connectivity index (χ2n) is 6.09. The molecule has 0 saturated carbocycles. The van der Waals surface area contributed by atoms with Crippen LogP contribution in [-0.2, 0) is 26.2 Å². The summed E-state index contributed by atoms with van der Waals surface area (Å²) in [5, 5.41) is 0. The van der Waals surface area contributed by atoms with Crippen molar-refractivity contribution >= 4 is 0 Å². The fourth-order valence-electron chi connectivity index (χ4n) is 2.75. The van der Waals surface area contributed by atoms with Crippen molar-refractivity contribution in [2.45, 2.75) is 13.8 Å². The van der Waals surface area contributed by atoms with E-state index in [9.17, 15) is 0 Å². The summed E-state index contributed by atoms with van der Waals surface area (Å²) in [6, 6.07) is 33.9. The Morgan fingerprint density at radius 2 is 0.862 bits per heavy atom. The van der Waals surface area contributed by atoms with Gasteiger partial charge in [0.2, 0.25) is 0 Å². The van der Waals surface area contributed by atoms with Crippen molar-refractivity contribution in [3.63, 3.8) is 0 Å². The van der Waals surface area contributed by atoms with E-state index in [0.29, 0.717) is 0 Å². The third-order valence-corrected chi connectivity index (χ3v) is 4.03. The van der Waals surface area contributed by atoms with Crippen LogP contribution in [0.2, 0.25) is 0 Å². The van der Waals surface area contributed by atoms with E-state index in [1.165, 1.54) is 33.4 Å². The summed E-state index contributed by atoms with van der Waals surface area (Å²) in [6.45, 7) is 10.2. The molecule has 0 aliphatic rings. The van der Waals surface area contributed by atoms with Gasteiger partial charge in [0.05, 0.1) is 0 Å². The van der Waals surface area contributed by atoms with Crippen LogP contribution in [0.3, 0.4) is 0 Å². The van der Waals surface area contributed by atoms with Crippen molar-refractivity contribution in [3.8, 4) is 22.3 Å². The number of aryl methyl sites for hydroxylation is 2. The van der Waals surface area contributed by atoms with Crippen molar-refractivity contribution < 1.29 is 51.0 Å². The summed E-state index contributed by atoms with van der Waals surface area (Å²) in [6.07, 6.45) is 0. The molecule has 0 aromatic heterocycles. The molecule has 4 aromatic carbocycles. The van der Waals surface area contributed by atoms with Gasteiger partial charge in [-0.05, 0) is 0 Å². The molecule has 0 aliphatic carbocycles. The molecule has 0 unspecified atom stereocenters. The zero-order chi connectivity index (χ0) is 18.8. The van der Waals surface area contributed by atoms with E-state index in [1.807, 2.05) is 12.1 Å². The van der Waals surface area contributed by atoms with Crippen LogP contribution in [0.5, 0.6) is 0 Å². The summed E-state index contributed by atoms with van der Waals surface area (Å²) in [4.78, 5) is 0. The Morgan fingerprint density at radius 3 is 1.10 bits per heavy atom. The Morgan fingerprint density at radius 1 is 0.552 bits per heavy atom. The minimum absolute atomic E-state index is 0. The molecule has 0 N–H and O–H groups in total. The molecule has 0 aliphatic heterocycles. The third kappa shape index (κ3) is 9.59. The maximum Gasteiger partial charge on any atom is 4.00 e. The second kappa shape index (κ2) is 16.2. The molecule has 4 aromatic rings. The molecular formula is C26H26Cl2Zr. The summed E-state index contributed by atoms with van der Waals surface area (Å²) >= 11 is 0. The van der Waals surface area contributed by atoms with Gasteiger partial charge in [-0.3, -0.25) is 0 Å². The van der Waals surface area contributed by atoms with Crippen molar-refractivity contribution in [3.05, 3.63) is 121 Å². The Hall–Kier alpha value is -1.66. The van der Waals surface area contributed by atoms with Gasteiger partial charge in [-0.1, -0.05) is 85.6 Å². The van der Waals surface area contributed by atoms with Gasteiger partial charge >= 0.3 is 26.2 Å². The summed E-state index contributed by atoms with van der Waals surface area (Å²) in [5.41, 5.74) is 7.88. The predicted octanol–water partition coefficient (Wildman–Crippen LogP) is 1.57. The van der Waals surface area contributed by atoms with Crippen LogP contribution >= 0.6 is 0 Å². The number of rotatable bonds is 2. The first-order valence-electron chi connectivity index (χ1n) is 8.80. The smallest absolute Gasteiger partial charge is 1.00 e. The number of hydrogen-bond donors (Lipinski definition) is 0.